The molecule has 1 amide bonds. The summed E-state index contributed by atoms with van der Waals surface area (Å²) in [5.41, 5.74) is 0.560. The van der Waals surface area contributed by atoms with Crippen LogP contribution in [0.15, 0.2) is 36.8 Å². The molecule has 1 fully saturated rings. The lowest BCUT2D eigenvalue weighted by atomic mass is 10.1. The zero-order valence-corrected chi connectivity index (χ0v) is 14.3. The van der Waals surface area contributed by atoms with E-state index in [2.05, 4.69) is 9.97 Å². The van der Waals surface area contributed by atoms with Gasteiger partial charge in [-0.25, -0.2) is 4.98 Å². The zero-order chi connectivity index (χ0) is 17.6. The third-order valence-electron chi connectivity index (χ3n) is 4.15. The lowest BCUT2D eigenvalue weighted by Gasteiger charge is -2.32. The van der Waals surface area contributed by atoms with Gasteiger partial charge in [0.1, 0.15) is 17.6 Å². The number of piperidine rings is 1. The Bertz CT molecular complexity index is 693. The summed E-state index contributed by atoms with van der Waals surface area (Å²) in [6.45, 7) is 1.26. The lowest BCUT2D eigenvalue weighted by molar-refractivity contribution is 0.0586. The van der Waals surface area contributed by atoms with E-state index in [4.69, 9.17) is 14.2 Å². The number of aromatic nitrogens is 2. The fourth-order valence-electron chi connectivity index (χ4n) is 2.81. The molecule has 1 aliphatic heterocycles. The second kappa shape index (κ2) is 7.83. The summed E-state index contributed by atoms with van der Waals surface area (Å²) < 4.78 is 16.3. The molecule has 0 aliphatic carbocycles. The fourth-order valence-corrected chi connectivity index (χ4v) is 2.81. The largest absolute Gasteiger partial charge is 0.497 e. The van der Waals surface area contributed by atoms with Crippen molar-refractivity contribution in [3.63, 3.8) is 0 Å². The van der Waals surface area contributed by atoms with Crippen molar-refractivity contribution in [1.29, 1.82) is 0 Å². The Hall–Kier alpha value is -2.83. The molecule has 2 heterocycles. The van der Waals surface area contributed by atoms with Gasteiger partial charge in [0, 0.05) is 50.0 Å². The molecule has 0 saturated carbocycles. The summed E-state index contributed by atoms with van der Waals surface area (Å²) >= 11 is 0. The van der Waals surface area contributed by atoms with Crippen molar-refractivity contribution >= 4 is 5.91 Å². The van der Waals surface area contributed by atoms with Gasteiger partial charge in [-0.2, -0.15) is 0 Å². The topological polar surface area (TPSA) is 73.8 Å². The molecule has 132 valence electrons. The molecule has 0 radical (unpaired) electrons. The highest BCUT2D eigenvalue weighted by molar-refractivity contribution is 5.95. The molecule has 0 spiro atoms. The number of rotatable bonds is 5. The van der Waals surface area contributed by atoms with Crippen LogP contribution in [0, 0.1) is 0 Å². The molecule has 0 atom stereocenters. The molecular weight excluding hydrogens is 322 g/mol. The molecule has 1 aromatic heterocycles. The van der Waals surface area contributed by atoms with Crippen molar-refractivity contribution < 1.29 is 19.0 Å². The van der Waals surface area contributed by atoms with Gasteiger partial charge < -0.3 is 19.1 Å². The van der Waals surface area contributed by atoms with Gasteiger partial charge in [-0.3, -0.25) is 9.78 Å². The first-order valence-corrected chi connectivity index (χ1v) is 8.14. The molecular formula is C18H21N3O4. The molecule has 3 rings (SSSR count). The summed E-state index contributed by atoms with van der Waals surface area (Å²) in [5, 5.41) is 0. The summed E-state index contributed by atoms with van der Waals surface area (Å²) in [7, 11) is 3.14. The number of hydrogen-bond donors (Lipinski definition) is 0. The predicted molar refractivity (Wildman–Crippen MR) is 91.1 cm³/mol. The standard InChI is InChI=1S/C18H21N3O4/c1-23-15-9-13(10-16(11-15)24-2)18(22)21-7-3-14(4-8-21)25-17-12-19-5-6-20-17/h5-6,9-12,14H,3-4,7-8H2,1-2H3. The summed E-state index contributed by atoms with van der Waals surface area (Å²) in [6, 6.07) is 5.21. The minimum Gasteiger partial charge on any atom is -0.497 e. The Morgan fingerprint density at radius 3 is 2.32 bits per heavy atom. The van der Waals surface area contributed by atoms with Gasteiger partial charge >= 0.3 is 0 Å². The van der Waals surface area contributed by atoms with Crippen molar-refractivity contribution in [1.82, 2.24) is 14.9 Å². The number of methoxy groups -OCH3 is 2. The first-order chi connectivity index (χ1) is 12.2. The van der Waals surface area contributed by atoms with E-state index >= 15 is 0 Å². The number of carbonyl (C=O) groups is 1. The average molecular weight is 343 g/mol. The Labute approximate surface area is 146 Å². The first-order valence-electron chi connectivity index (χ1n) is 8.14. The Kier molecular flexibility index (Phi) is 5.33. The Balaban J connectivity index is 1.62. The highest BCUT2D eigenvalue weighted by Gasteiger charge is 2.25. The van der Waals surface area contributed by atoms with Crippen LogP contribution < -0.4 is 14.2 Å². The summed E-state index contributed by atoms with van der Waals surface area (Å²) in [6.07, 6.45) is 6.36. The monoisotopic (exact) mass is 343 g/mol. The number of benzene rings is 1. The van der Waals surface area contributed by atoms with Gasteiger partial charge in [-0.1, -0.05) is 0 Å². The minimum atomic E-state index is -0.0323. The van der Waals surface area contributed by atoms with Crippen molar-refractivity contribution in [2.75, 3.05) is 27.3 Å². The highest BCUT2D eigenvalue weighted by Crippen LogP contribution is 2.25. The van der Waals surface area contributed by atoms with Crippen LogP contribution in [0.1, 0.15) is 23.2 Å². The van der Waals surface area contributed by atoms with Crippen LogP contribution >= 0.6 is 0 Å². The second-order valence-electron chi connectivity index (χ2n) is 5.75. The molecule has 1 aliphatic rings. The summed E-state index contributed by atoms with van der Waals surface area (Å²) in [5.74, 6) is 1.69. The van der Waals surface area contributed by atoms with E-state index in [9.17, 15) is 4.79 Å². The van der Waals surface area contributed by atoms with Crippen LogP contribution in [0.4, 0.5) is 0 Å². The normalized spacial score (nSPS) is 14.9. The zero-order valence-electron chi connectivity index (χ0n) is 14.3. The van der Waals surface area contributed by atoms with Crippen molar-refractivity contribution in [3.05, 3.63) is 42.4 Å². The molecule has 0 N–H and O–H groups in total. The molecule has 0 bridgehead atoms. The molecule has 0 unspecified atom stereocenters. The lowest BCUT2D eigenvalue weighted by Crippen LogP contribution is -2.41. The van der Waals surface area contributed by atoms with Crippen LogP contribution in [-0.2, 0) is 0 Å². The maximum Gasteiger partial charge on any atom is 0.254 e. The van der Waals surface area contributed by atoms with Crippen LogP contribution in [0.2, 0.25) is 0 Å². The van der Waals surface area contributed by atoms with Crippen molar-refractivity contribution in [3.8, 4) is 17.4 Å². The first kappa shape index (κ1) is 17.0. The molecule has 1 saturated heterocycles. The van der Waals surface area contributed by atoms with E-state index in [0.717, 1.165) is 12.8 Å². The SMILES string of the molecule is COc1cc(OC)cc(C(=O)N2CCC(Oc3cnccn3)CC2)c1. The number of carbonyl (C=O) groups excluding carboxylic acids is 1. The molecule has 1 aromatic carbocycles. The third-order valence-corrected chi connectivity index (χ3v) is 4.15. The van der Waals surface area contributed by atoms with E-state index in [-0.39, 0.29) is 12.0 Å². The third kappa shape index (κ3) is 4.17. The second-order valence-corrected chi connectivity index (χ2v) is 5.75. The van der Waals surface area contributed by atoms with Gasteiger partial charge in [0.05, 0.1) is 20.4 Å². The number of likely N-dealkylation sites (tertiary alicyclic amines) is 1. The molecule has 25 heavy (non-hydrogen) atoms. The fraction of sp³-hybridized carbons (Fsp3) is 0.389. The Morgan fingerprint density at radius 1 is 1.08 bits per heavy atom. The van der Waals surface area contributed by atoms with Gasteiger partial charge in [0.2, 0.25) is 5.88 Å². The van der Waals surface area contributed by atoms with Gasteiger partial charge in [-0.15, -0.1) is 0 Å². The van der Waals surface area contributed by atoms with Crippen molar-refractivity contribution in [2.24, 2.45) is 0 Å². The maximum absolute atomic E-state index is 12.8. The highest BCUT2D eigenvalue weighted by atomic mass is 16.5. The number of ether oxygens (including phenoxy) is 3. The quantitative estimate of drug-likeness (QED) is 0.828. The van der Waals surface area contributed by atoms with Gasteiger partial charge in [-0.05, 0) is 12.1 Å². The van der Waals surface area contributed by atoms with E-state index < -0.39 is 0 Å². The number of nitrogens with zero attached hydrogens (tertiary/aromatic N) is 3. The molecule has 2 aromatic rings. The minimum absolute atomic E-state index is 0.0323. The van der Waals surface area contributed by atoms with E-state index in [1.807, 2.05) is 4.90 Å². The summed E-state index contributed by atoms with van der Waals surface area (Å²) in [4.78, 5) is 22.7. The smallest absolute Gasteiger partial charge is 0.254 e. The van der Waals surface area contributed by atoms with Crippen LogP contribution in [-0.4, -0.2) is 54.2 Å². The van der Waals surface area contributed by atoms with Crippen LogP contribution in [0.3, 0.4) is 0 Å². The number of hydrogen-bond acceptors (Lipinski definition) is 6. The van der Waals surface area contributed by atoms with E-state index in [1.165, 1.54) is 0 Å². The average Bonchev–Trinajstić information content (AvgIpc) is 2.68. The van der Waals surface area contributed by atoms with Gasteiger partial charge in [0.15, 0.2) is 0 Å². The number of amides is 1. The molecule has 7 nitrogen and oxygen atoms in total. The maximum atomic E-state index is 12.8. The van der Waals surface area contributed by atoms with Crippen molar-refractivity contribution in [2.45, 2.75) is 18.9 Å². The van der Waals surface area contributed by atoms with Gasteiger partial charge in [0.25, 0.3) is 5.91 Å². The van der Waals surface area contributed by atoms with E-state index in [1.54, 1.807) is 51.0 Å². The van der Waals surface area contributed by atoms with E-state index in [0.29, 0.717) is 36.0 Å². The Morgan fingerprint density at radius 2 is 1.76 bits per heavy atom. The molecule has 7 heteroatoms. The predicted octanol–water partition coefficient (Wildman–Crippen LogP) is 2.18. The van der Waals surface area contributed by atoms with Crippen LogP contribution in [0.5, 0.6) is 17.4 Å². The van der Waals surface area contributed by atoms with Crippen LogP contribution in [0.25, 0.3) is 0 Å².